The Bertz CT molecular complexity index is 232. The summed E-state index contributed by atoms with van der Waals surface area (Å²) in [5.41, 5.74) is 0. The van der Waals surface area contributed by atoms with E-state index in [1.54, 1.807) is 0 Å². The molecule has 2 unspecified atom stereocenters. The number of hydrogen-bond donors (Lipinski definition) is 1. The molecular weight excluding hydrogens is 212 g/mol. The van der Waals surface area contributed by atoms with Gasteiger partial charge in [0.25, 0.3) is 0 Å². The summed E-state index contributed by atoms with van der Waals surface area (Å²) >= 11 is 0. The molecule has 0 aliphatic carbocycles. The normalized spacial score (nSPS) is 29.3. The van der Waals surface area contributed by atoms with E-state index in [1.165, 1.54) is 45.4 Å². The molecule has 2 rings (SSSR count). The standard InChI is InChI=1S/C14H28N2O/c1-12(2)13(11-17)9-15-7-8-16-6-4-3-5-14(16)10-15/h12-14,17H,3-11H2,1-2H3. The lowest BCUT2D eigenvalue weighted by Gasteiger charge is -2.45. The first-order valence-corrected chi connectivity index (χ1v) is 7.28. The number of piperazine rings is 1. The van der Waals surface area contributed by atoms with E-state index in [4.69, 9.17) is 0 Å². The lowest BCUT2D eigenvalue weighted by molar-refractivity contribution is 0.0301. The van der Waals surface area contributed by atoms with Crippen LogP contribution in [0.2, 0.25) is 0 Å². The van der Waals surface area contributed by atoms with Crippen molar-refractivity contribution in [2.24, 2.45) is 11.8 Å². The Kier molecular flexibility index (Phi) is 4.83. The van der Waals surface area contributed by atoms with E-state index >= 15 is 0 Å². The molecule has 100 valence electrons. The Balaban J connectivity index is 1.82. The quantitative estimate of drug-likeness (QED) is 0.805. The van der Waals surface area contributed by atoms with Crippen molar-refractivity contribution in [2.45, 2.75) is 39.2 Å². The summed E-state index contributed by atoms with van der Waals surface area (Å²) in [4.78, 5) is 5.25. The second-order valence-corrected chi connectivity index (χ2v) is 6.13. The van der Waals surface area contributed by atoms with Gasteiger partial charge in [-0.05, 0) is 31.2 Å². The Morgan fingerprint density at radius 2 is 2.00 bits per heavy atom. The van der Waals surface area contributed by atoms with Crippen molar-refractivity contribution in [3.63, 3.8) is 0 Å². The number of piperidine rings is 1. The molecule has 0 saturated carbocycles. The van der Waals surface area contributed by atoms with Crippen LogP contribution in [0.4, 0.5) is 0 Å². The molecule has 3 heteroatoms. The summed E-state index contributed by atoms with van der Waals surface area (Å²) in [6.07, 6.45) is 4.17. The van der Waals surface area contributed by atoms with Crippen LogP contribution in [0.25, 0.3) is 0 Å². The van der Waals surface area contributed by atoms with Crippen molar-refractivity contribution in [1.29, 1.82) is 0 Å². The van der Waals surface area contributed by atoms with Crippen molar-refractivity contribution < 1.29 is 5.11 Å². The van der Waals surface area contributed by atoms with E-state index in [2.05, 4.69) is 23.6 Å². The average molecular weight is 240 g/mol. The van der Waals surface area contributed by atoms with Crippen LogP contribution in [0.3, 0.4) is 0 Å². The van der Waals surface area contributed by atoms with Gasteiger partial charge in [0.05, 0.1) is 0 Å². The van der Waals surface area contributed by atoms with Crippen LogP contribution in [-0.2, 0) is 0 Å². The average Bonchev–Trinajstić information content (AvgIpc) is 2.35. The molecule has 0 bridgehead atoms. The Morgan fingerprint density at radius 1 is 1.18 bits per heavy atom. The number of nitrogens with zero attached hydrogens (tertiary/aromatic N) is 2. The first-order valence-electron chi connectivity index (χ1n) is 7.28. The summed E-state index contributed by atoms with van der Waals surface area (Å²) in [6, 6.07) is 0.795. The van der Waals surface area contributed by atoms with Gasteiger partial charge < -0.3 is 10.0 Å². The summed E-state index contributed by atoms with van der Waals surface area (Å²) in [6.45, 7) is 10.8. The third-order valence-corrected chi connectivity index (χ3v) is 4.59. The van der Waals surface area contributed by atoms with Crippen LogP contribution in [0.1, 0.15) is 33.1 Å². The van der Waals surface area contributed by atoms with Gasteiger partial charge in [0.1, 0.15) is 0 Å². The summed E-state index contributed by atoms with van der Waals surface area (Å²) in [7, 11) is 0. The third-order valence-electron chi connectivity index (χ3n) is 4.59. The highest BCUT2D eigenvalue weighted by Crippen LogP contribution is 2.22. The van der Waals surface area contributed by atoms with Gasteiger partial charge in [-0.25, -0.2) is 0 Å². The number of aliphatic hydroxyl groups excluding tert-OH is 1. The number of aliphatic hydroxyl groups is 1. The maximum absolute atomic E-state index is 9.42. The van der Waals surface area contributed by atoms with Gasteiger partial charge in [-0.2, -0.15) is 0 Å². The third kappa shape index (κ3) is 3.43. The van der Waals surface area contributed by atoms with E-state index in [0.717, 1.165) is 12.6 Å². The predicted molar refractivity (Wildman–Crippen MR) is 71.1 cm³/mol. The monoisotopic (exact) mass is 240 g/mol. The van der Waals surface area contributed by atoms with Crippen LogP contribution in [-0.4, -0.2) is 60.3 Å². The lowest BCUT2D eigenvalue weighted by atomic mass is 9.94. The zero-order chi connectivity index (χ0) is 12.3. The minimum absolute atomic E-state index is 0.336. The molecule has 2 heterocycles. The van der Waals surface area contributed by atoms with Gasteiger partial charge in [0.15, 0.2) is 0 Å². The highest BCUT2D eigenvalue weighted by Gasteiger charge is 2.29. The van der Waals surface area contributed by atoms with Crippen LogP contribution in [0.15, 0.2) is 0 Å². The molecule has 2 aliphatic rings. The molecule has 0 aromatic heterocycles. The molecule has 2 saturated heterocycles. The fourth-order valence-corrected chi connectivity index (χ4v) is 3.20. The topological polar surface area (TPSA) is 26.7 Å². The molecule has 2 aliphatic heterocycles. The van der Waals surface area contributed by atoms with Crippen molar-refractivity contribution in [2.75, 3.05) is 39.3 Å². The predicted octanol–water partition coefficient (Wildman–Crippen LogP) is 1.42. The molecule has 0 aromatic carbocycles. The molecule has 3 nitrogen and oxygen atoms in total. The van der Waals surface area contributed by atoms with Crippen LogP contribution in [0.5, 0.6) is 0 Å². The van der Waals surface area contributed by atoms with Crippen LogP contribution < -0.4 is 0 Å². The SMILES string of the molecule is CC(C)C(CO)CN1CCN2CCCCC2C1. The highest BCUT2D eigenvalue weighted by atomic mass is 16.3. The van der Waals surface area contributed by atoms with Crippen molar-refractivity contribution in [3.8, 4) is 0 Å². The maximum atomic E-state index is 9.42. The first kappa shape index (κ1) is 13.3. The molecule has 17 heavy (non-hydrogen) atoms. The Labute approximate surface area is 106 Å². The first-order chi connectivity index (χ1) is 8.20. The van der Waals surface area contributed by atoms with E-state index in [9.17, 15) is 5.11 Å². The van der Waals surface area contributed by atoms with E-state index < -0.39 is 0 Å². The summed E-state index contributed by atoms with van der Waals surface area (Å²) in [5, 5.41) is 9.42. The Hall–Kier alpha value is -0.120. The minimum atomic E-state index is 0.336. The van der Waals surface area contributed by atoms with Gasteiger partial charge in [0, 0.05) is 38.8 Å². The fourth-order valence-electron chi connectivity index (χ4n) is 3.20. The van der Waals surface area contributed by atoms with E-state index in [0.29, 0.717) is 18.4 Å². The highest BCUT2D eigenvalue weighted by molar-refractivity contribution is 4.86. The minimum Gasteiger partial charge on any atom is -0.396 e. The lowest BCUT2D eigenvalue weighted by Crippen LogP contribution is -2.55. The van der Waals surface area contributed by atoms with Crippen molar-refractivity contribution in [1.82, 2.24) is 9.80 Å². The summed E-state index contributed by atoms with van der Waals surface area (Å²) < 4.78 is 0. The Morgan fingerprint density at radius 3 is 2.71 bits per heavy atom. The number of rotatable bonds is 4. The van der Waals surface area contributed by atoms with Crippen molar-refractivity contribution >= 4 is 0 Å². The molecule has 0 spiro atoms. The molecule has 2 atom stereocenters. The van der Waals surface area contributed by atoms with E-state index in [1.807, 2.05) is 0 Å². The molecule has 2 fully saturated rings. The zero-order valence-electron chi connectivity index (χ0n) is 11.4. The fraction of sp³-hybridized carbons (Fsp3) is 1.00. The van der Waals surface area contributed by atoms with Crippen molar-refractivity contribution in [3.05, 3.63) is 0 Å². The van der Waals surface area contributed by atoms with Gasteiger partial charge in [-0.3, -0.25) is 4.90 Å². The largest absolute Gasteiger partial charge is 0.396 e. The number of fused-ring (bicyclic) bond motifs is 1. The molecule has 0 amide bonds. The summed E-state index contributed by atoms with van der Waals surface area (Å²) in [5.74, 6) is 1.04. The van der Waals surface area contributed by atoms with Gasteiger partial charge in [-0.15, -0.1) is 0 Å². The maximum Gasteiger partial charge on any atom is 0.0473 e. The van der Waals surface area contributed by atoms with Gasteiger partial charge in [-0.1, -0.05) is 20.3 Å². The van der Waals surface area contributed by atoms with Gasteiger partial charge >= 0.3 is 0 Å². The molecule has 1 N–H and O–H groups in total. The van der Waals surface area contributed by atoms with E-state index in [-0.39, 0.29) is 0 Å². The molecular formula is C14H28N2O. The molecule has 0 radical (unpaired) electrons. The van der Waals surface area contributed by atoms with Crippen LogP contribution >= 0.6 is 0 Å². The zero-order valence-corrected chi connectivity index (χ0v) is 11.4. The van der Waals surface area contributed by atoms with Gasteiger partial charge in [0.2, 0.25) is 0 Å². The second-order valence-electron chi connectivity index (χ2n) is 6.13. The smallest absolute Gasteiger partial charge is 0.0473 e. The molecule has 0 aromatic rings. The second kappa shape index (κ2) is 6.17. The van der Waals surface area contributed by atoms with Crippen LogP contribution in [0, 0.1) is 11.8 Å². The number of hydrogen-bond acceptors (Lipinski definition) is 3.